The van der Waals surface area contributed by atoms with Crippen LogP contribution in [-0.2, 0) is 11.3 Å². The maximum Gasteiger partial charge on any atom is 0.144 e. The van der Waals surface area contributed by atoms with Crippen LogP contribution in [0.2, 0.25) is 0 Å². The van der Waals surface area contributed by atoms with Crippen LogP contribution in [0.1, 0.15) is 5.56 Å². The molecule has 0 amide bonds. The number of aliphatic hydroxyl groups excluding tert-OH is 1. The van der Waals surface area contributed by atoms with Crippen LogP contribution < -0.4 is 11.1 Å². The largest absolute Gasteiger partial charge is 0.497 e. The third-order valence-corrected chi connectivity index (χ3v) is 2.47. The predicted octanol–water partition coefficient (Wildman–Crippen LogP) is 2.15. The van der Waals surface area contributed by atoms with E-state index in [1.54, 1.807) is 31.4 Å². The average molecular weight is 260 g/mol. The lowest BCUT2D eigenvalue weighted by molar-refractivity contribution is 0.252. The van der Waals surface area contributed by atoms with Crippen LogP contribution >= 0.6 is 0 Å². The first-order valence-electron chi connectivity index (χ1n) is 5.98. The second-order valence-electron chi connectivity index (χ2n) is 3.86. The Hall–Kier alpha value is -2.04. The molecule has 1 aromatic rings. The van der Waals surface area contributed by atoms with Gasteiger partial charge in [-0.05, 0) is 35.9 Å². The number of nitrogens with two attached hydrogens (primary N) is 1. The van der Waals surface area contributed by atoms with Gasteiger partial charge in [-0.15, -0.1) is 0 Å². The van der Waals surface area contributed by atoms with Gasteiger partial charge >= 0.3 is 0 Å². The van der Waals surface area contributed by atoms with Gasteiger partial charge in [-0.1, -0.05) is 24.8 Å². The number of aliphatic hydroxyl groups is 1. The summed E-state index contributed by atoms with van der Waals surface area (Å²) in [6.07, 6.45) is 5.83. The predicted molar refractivity (Wildman–Crippen MR) is 78.4 cm³/mol. The van der Waals surface area contributed by atoms with E-state index in [0.29, 0.717) is 12.3 Å². The highest BCUT2D eigenvalue weighted by Crippen LogP contribution is 2.11. The molecule has 4 N–H and O–H groups in total. The molecule has 19 heavy (non-hydrogen) atoms. The molecule has 0 aliphatic carbocycles. The second-order valence-corrected chi connectivity index (χ2v) is 3.86. The van der Waals surface area contributed by atoms with E-state index in [2.05, 4.69) is 11.9 Å². The Morgan fingerprint density at radius 1 is 1.58 bits per heavy atom. The zero-order valence-electron chi connectivity index (χ0n) is 11.0. The fraction of sp³-hybridized carbons (Fsp3) is 0.200. The van der Waals surface area contributed by atoms with Crippen molar-refractivity contribution in [1.82, 2.24) is 0 Å². The summed E-state index contributed by atoms with van der Waals surface area (Å²) in [5.74, 6) is 0.633. The molecule has 1 atom stereocenters. The topological polar surface area (TPSA) is 67.5 Å². The van der Waals surface area contributed by atoms with Gasteiger partial charge in [-0.3, -0.25) is 0 Å². The number of benzene rings is 1. The SMILES string of the molecule is C=C/C(=C\C=C\C(O)Nc1cccc(CN)c1)OC. The van der Waals surface area contributed by atoms with Crippen LogP contribution in [0.3, 0.4) is 0 Å². The van der Waals surface area contributed by atoms with Gasteiger partial charge in [0, 0.05) is 12.2 Å². The molecule has 4 nitrogen and oxygen atoms in total. The Morgan fingerprint density at radius 2 is 2.37 bits per heavy atom. The van der Waals surface area contributed by atoms with Crippen LogP contribution in [0.4, 0.5) is 5.69 Å². The number of anilines is 1. The fourth-order valence-corrected chi connectivity index (χ4v) is 1.48. The summed E-state index contributed by atoms with van der Waals surface area (Å²) in [6, 6.07) is 7.60. The Labute approximate surface area is 113 Å². The highest BCUT2D eigenvalue weighted by atomic mass is 16.5. The quantitative estimate of drug-likeness (QED) is 0.399. The second kappa shape index (κ2) is 8.13. The van der Waals surface area contributed by atoms with Crippen LogP contribution in [0.15, 0.2) is 60.9 Å². The van der Waals surface area contributed by atoms with Crippen molar-refractivity contribution in [3.05, 3.63) is 66.5 Å². The molecule has 0 aromatic heterocycles. The maximum absolute atomic E-state index is 9.80. The zero-order chi connectivity index (χ0) is 14.1. The third-order valence-electron chi connectivity index (χ3n) is 2.47. The minimum atomic E-state index is -0.785. The summed E-state index contributed by atoms with van der Waals surface area (Å²) in [5.41, 5.74) is 7.39. The average Bonchev–Trinajstić information content (AvgIpc) is 2.44. The van der Waals surface area contributed by atoms with E-state index in [0.717, 1.165) is 11.3 Å². The molecule has 0 heterocycles. The number of hydrogen-bond donors (Lipinski definition) is 3. The van der Waals surface area contributed by atoms with E-state index >= 15 is 0 Å². The molecule has 0 bridgehead atoms. The van der Waals surface area contributed by atoms with Crippen molar-refractivity contribution in [3.8, 4) is 0 Å². The van der Waals surface area contributed by atoms with Gasteiger partial charge in [0.05, 0.1) is 7.11 Å². The molecule has 1 rings (SSSR count). The van der Waals surface area contributed by atoms with Crippen molar-refractivity contribution in [2.75, 3.05) is 12.4 Å². The summed E-state index contributed by atoms with van der Waals surface area (Å²) in [6.45, 7) is 4.07. The van der Waals surface area contributed by atoms with Gasteiger partial charge in [-0.25, -0.2) is 0 Å². The van der Waals surface area contributed by atoms with E-state index in [1.807, 2.05) is 24.3 Å². The van der Waals surface area contributed by atoms with Crippen molar-refractivity contribution in [3.63, 3.8) is 0 Å². The molecule has 0 radical (unpaired) electrons. The maximum atomic E-state index is 9.80. The minimum Gasteiger partial charge on any atom is -0.497 e. The van der Waals surface area contributed by atoms with Gasteiger partial charge in [-0.2, -0.15) is 0 Å². The van der Waals surface area contributed by atoms with Crippen LogP contribution in [0, 0.1) is 0 Å². The standard InChI is InChI=1S/C15H20N2O2/c1-3-14(19-2)8-5-9-15(18)17-13-7-4-6-12(10-13)11-16/h3-10,15,17-18H,1,11,16H2,2H3/b9-5+,14-8+. The number of hydrogen-bond acceptors (Lipinski definition) is 4. The van der Waals surface area contributed by atoms with Crippen molar-refractivity contribution < 1.29 is 9.84 Å². The highest BCUT2D eigenvalue weighted by molar-refractivity contribution is 5.46. The number of ether oxygens (including phenoxy) is 1. The van der Waals surface area contributed by atoms with E-state index in [4.69, 9.17) is 10.5 Å². The monoisotopic (exact) mass is 260 g/mol. The van der Waals surface area contributed by atoms with Gasteiger partial charge < -0.3 is 20.9 Å². The van der Waals surface area contributed by atoms with Crippen LogP contribution in [0.25, 0.3) is 0 Å². The molecule has 102 valence electrons. The van der Waals surface area contributed by atoms with Crippen LogP contribution in [-0.4, -0.2) is 18.4 Å². The molecule has 4 heteroatoms. The molecule has 1 aromatic carbocycles. The van der Waals surface area contributed by atoms with Crippen molar-refractivity contribution >= 4 is 5.69 Å². The summed E-state index contributed by atoms with van der Waals surface area (Å²) in [4.78, 5) is 0. The van der Waals surface area contributed by atoms with Crippen molar-refractivity contribution in [1.29, 1.82) is 0 Å². The lowest BCUT2D eigenvalue weighted by Gasteiger charge is -2.11. The number of nitrogens with one attached hydrogen (secondary N) is 1. The number of allylic oxidation sites excluding steroid dienone is 3. The first-order valence-corrected chi connectivity index (χ1v) is 5.98. The Kier molecular flexibility index (Phi) is 6.43. The smallest absolute Gasteiger partial charge is 0.144 e. The van der Waals surface area contributed by atoms with Gasteiger partial charge in [0.15, 0.2) is 0 Å². The number of methoxy groups -OCH3 is 1. The lowest BCUT2D eigenvalue weighted by Crippen LogP contribution is -2.15. The van der Waals surface area contributed by atoms with Gasteiger partial charge in [0.25, 0.3) is 0 Å². The van der Waals surface area contributed by atoms with Crippen LogP contribution in [0.5, 0.6) is 0 Å². The Morgan fingerprint density at radius 3 is 3.00 bits per heavy atom. The zero-order valence-corrected chi connectivity index (χ0v) is 11.0. The van der Waals surface area contributed by atoms with E-state index in [9.17, 15) is 5.11 Å². The van der Waals surface area contributed by atoms with E-state index in [1.165, 1.54) is 0 Å². The molecule has 0 spiro atoms. The summed E-state index contributed by atoms with van der Waals surface area (Å²) >= 11 is 0. The Bertz CT molecular complexity index is 467. The molecular weight excluding hydrogens is 240 g/mol. The molecule has 0 fully saturated rings. The van der Waals surface area contributed by atoms with Crippen molar-refractivity contribution in [2.24, 2.45) is 5.73 Å². The first-order chi connectivity index (χ1) is 9.19. The number of rotatable bonds is 7. The van der Waals surface area contributed by atoms with Crippen molar-refractivity contribution in [2.45, 2.75) is 12.8 Å². The third kappa shape index (κ3) is 5.42. The molecule has 0 aliphatic heterocycles. The molecule has 0 saturated carbocycles. The normalized spacial score (nSPS) is 13.3. The van der Waals surface area contributed by atoms with E-state index in [-0.39, 0.29) is 0 Å². The molecule has 0 saturated heterocycles. The fourth-order valence-electron chi connectivity index (χ4n) is 1.48. The highest BCUT2D eigenvalue weighted by Gasteiger charge is 1.99. The molecule has 1 unspecified atom stereocenters. The molecule has 0 aliphatic rings. The van der Waals surface area contributed by atoms with E-state index < -0.39 is 6.23 Å². The summed E-state index contributed by atoms with van der Waals surface area (Å²) in [7, 11) is 1.56. The Balaban J connectivity index is 2.59. The minimum absolute atomic E-state index is 0.473. The lowest BCUT2D eigenvalue weighted by atomic mass is 10.2. The molecular formula is C15H20N2O2. The first kappa shape index (κ1) is 15.0. The van der Waals surface area contributed by atoms with Gasteiger partial charge in [0.1, 0.15) is 12.0 Å². The summed E-state index contributed by atoms with van der Waals surface area (Å²) < 4.78 is 5.01. The summed E-state index contributed by atoms with van der Waals surface area (Å²) in [5, 5.41) is 12.7. The van der Waals surface area contributed by atoms with Gasteiger partial charge in [0.2, 0.25) is 0 Å².